The van der Waals surface area contributed by atoms with Crippen LogP contribution in [-0.2, 0) is 6.54 Å². The number of para-hydroxylation sites is 2. The molecule has 0 atom stereocenters. The first-order valence-corrected chi connectivity index (χ1v) is 15.0. The van der Waals surface area contributed by atoms with Crippen molar-refractivity contribution in [2.24, 2.45) is 0 Å². The van der Waals surface area contributed by atoms with Gasteiger partial charge in [0.1, 0.15) is 11.3 Å². The SMILES string of the molecule is Cc1nc2nc(-c3ccccc3)c(-c3ccc(CN4CCC(n5c(C)nc6ccccc65)CC4)cc3)nc2cc1Br. The first-order valence-electron chi connectivity index (χ1n) is 14.2. The largest absolute Gasteiger partial charge is 0.325 e. The van der Waals surface area contributed by atoms with Gasteiger partial charge in [0.15, 0.2) is 5.65 Å². The number of piperidine rings is 1. The number of halogens is 1. The van der Waals surface area contributed by atoms with Crippen LogP contribution < -0.4 is 0 Å². The summed E-state index contributed by atoms with van der Waals surface area (Å²) in [6.07, 6.45) is 2.27. The van der Waals surface area contributed by atoms with Gasteiger partial charge in [-0.15, -0.1) is 0 Å². The number of rotatable bonds is 5. The number of nitrogens with zero attached hydrogens (tertiary/aromatic N) is 6. The third-order valence-electron chi connectivity index (χ3n) is 8.16. The standard InChI is InChI=1S/C34H31BrN6/c1-22-28(35)20-30-34(36-22)39-33(25-8-4-3-5-9-25)32(38-30)26-14-12-24(13-15-26)21-40-18-16-27(17-19-40)41-23(2)37-29-10-6-7-11-31(29)41/h3-15,20,27H,16-19,21H2,1-2H3. The van der Waals surface area contributed by atoms with Crippen LogP contribution in [0.3, 0.4) is 0 Å². The first kappa shape index (κ1) is 26.0. The second-order valence-corrected chi connectivity index (χ2v) is 11.8. The molecule has 7 rings (SSSR count). The van der Waals surface area contributed by atoms with Crippen molar-refractivity contribution in [3.8, 4) is 22.5 Å². The lowest BCUT2D eigenvalue weighted by molar-refractivity contribution is 0.180. The van der Waals surface area contributed by atoms with Crippen LogP contribution in [0.4, 0.5) is 0 Å². The summed E-state index contributed by atoms with van der Waals surface area (Å²) in [5, 5.41) is 0. The molecule has 0 amide bonds. The van der Waals surface area contributed by atoms with Gasteiger partial charge in [-0.05, 0) is 66.4 Å². The summed E-state index contributed by atoms with van der Waals surface area (Å²) >= 11 is 3.61. The van der Waals surface area contributed by atoms with E-state index in [1.807, 2.05) is 31.2 Å². The Morgan fingerprint density at radius 3 is 2.20 bits per heavy atom. The molecule has 3 aromatic carbocycles. The number of aryl methyl sites for hydroxylation is 2. The number of imidazole rings is 1. The van der Waals surface area contributed by atoms with Gasteiger partial charge in [-0.25, -0.2) is 19.9 Å². The van der Waals surface area contributed by atoms with E-state index in [-0.39, 0.29) is 0 Å². The van der Waals surface area contributed by atoms with Gasteiger partial charge in [0, 0.05) is 41.3 Å². The monoisotopic (exact) mass is 602 g/mol. The molecular weight excluding hydrogens is 572 g/mol. The van der Waals surface area contributed by atoms with Crippen LogP contribution in [-0.4, -0.2) is 42.5 Å². The van der Waals surface area contributed by atoms with Crippen LogP contribution in [0, 0.1) is 13.8 Å². The highest BCUT2D eigenvalue weighted by molar-refractivity contribution is 9.10. The van der Waals surface area contributed by atoms with Crippen LogP contribution in [0.15, 0.2) is 89.4 Å². The van der Waals surface area contributed by atoms with Gasteiger partial charge >= 0.3 is 0 Å². The van der Waals surface area contributed by atoms with E-state index < -0.39 is 0 Å². The molecule has 41 heavy (non-hydrogen) atoms. The van der Waals surface area contributed by atoms with E-state index in [1.165, 1.54) is 11.1 Å². The molecule has 0 bridgehead atoms. The molecule has 0 unspecified atom stereocenters. The summed E-state index contributed by atoms with van der Waals surface area (Å²) in [5.41, 5.74) is 9.82. The Labute approximate surface area is 248 Å². The third kappa shape index (κ3) is 5.04. The third-order valence-corrected chi connectivity index (χ3v) is 8.96. The second-order valence-electron chi connectivity index (χ2n) is 10.9. The first-order chi connectivity index (χ1) is 20.0. The minimum atomic E-state index is 0.502. The summed E-state index contributed by atoms with van der Waals surface area (Å²) in [7, 11) is 0. The fourth-order valence-electron chi connectivity index (χ4n) is 6.04. The van der Waals surface area contributed by atoms with E-state index in [9.17, 15) is 0 Å². The molecule has 7 heteroatoms. The van der Waals surface area contributed by atoms with Gasteiger partial charge in [0.2, 0.25) is 0 Å². The molecule has 0 N–H and O–H groups in total. The van der Waals surface area contributed by atoms with Crippen LogP contribution >= 0.6 is 15.9 Å². The molecule has 3 aromatic heterocycles. The zero-order chi connectivity index (χ0) is 27.9. The summed E-state index contributed by atoms with van der Waals surface area (Å²) < 4.78 is 3.39. The van der Waals surface area contributed by atoms with Gasteiger partial charge in [-0.3, -0.25) is 4.90 Å². The van der Waals surface area contributed by atoms with Crippen LogP contribution in [0.25, 0.3) is 44.7 Å². The number of aromatic nitrogens is 5. The van der Waals surface area contributed by atoms with Gasteiger partial charge in [-0.2, -0.15) is 0 Å². The molecule has 0 aliphatic carbocycles. The second kappa shape index (κ2) is 10.8. The number of likely N-dealkylation sites (tertiary alicyclic amines) is 1. The van der Waals surface area contributed by atoms with Crippen molar-refractivity contribution in [1.29, 1.82) is 0 Å². The zero-order valence-corrected chi connectivity index (χ0v) is 24.8. The predicted molar refractivity (Wildman–Crippen MR) is 169 cm³/mol. The van der Waals surface area contributed by atoms with Crippen LogP contribution in [0.5, 0.6) is 0 Å². The molecule has 1 aliphatic heterocycles. The zero-order valence-electron chi connectivity index (χ0n) is 23.3. The van der Waals surface area contributed by atoms with Crippen molar-refractivity contribution in [3.63, 3.8) is 0 Å². The van der Waals surface area contributed by atoms with Crippen molar-refractivity contribution in [2.75, 3.05) is 13.1 Å². The van der Waals surface area contributed by atoms with E-state index in [2.05, 4.69) is 98.0 Å². The van der Waals surface area contributed by atoms with Crippen LogP contribution in [0.2, 0.25) is 0 Å². The van der Waals surface area contributed by atoms with Crippen molar-refractivity contribution in [1.82, 2.24) is 29.4 Å². The Balaban J connectivity index is 1.11. The topological polar surface area (TPSA) is 59.7 Å². The molecule has 0 saturated carbocycles. The maximum atomic E-state index is 5.06. The number of fused-ring (bicyclic) bond motifs is 2. The lowest BCUT2D eigenvalue weighted by Crippen LogP contribution is -2.34. The average Bonchev–Trinajstić information content (AvgIpc) is 3.34. The quantitative estimate of drug-likeness (QED) is 0.200. The van der Waals surface area contributed by atoms with E-state index in [0.717, 1.165) is 82.0 Å². The Kier molecular flexibility index (Phi) is 6.85. The summed E-state index contributed by atoms with van der Waals surface area (Å²) in [6.45, 7) is 7.21. The Morgan fingerprint density at radius 1 is 0.732 bits per heavy atom. The number of hydrogen-bond acceptors (Lipinski definition) is 5. The molecular formula is C34H31BrN6. The highest BCUT2D eigenvalue weighted by Crippen LogP contribution is 2.33. The molecule has 204 valence electrons. The molecule has 1 aliphatic rings. The summed E-state index contributed by atoms with van der Waals surface area (Å²) in [5.74, 6) is 1.12. The molecule has 1 fully saturated rings. The van der Waals surface area contributed by atoms with Gasteiger partial charge < -0.3 is 4.57 Å². The van der Waals surface area contributed by atoms with Gasteiger partial charge in [0.25, 0.3) is 0 Å². The number of hydrogen-bond donors (Lipinski definition) is 0. The highest BCUT2D eigenvalue weighted by Gasteiger charge is 2.23. The van der Waals surface area contributed by atoms with E-state index in [1.54, 1.807) is 0 Å². The Hall–Kier alpha value is -3.94. The summed E-state index contributed by atoms with van der Waals surface area (Å²) in [4.78, 5) is 22.1. The average molecular weight is 604 g/mol. The molecule has 6 nitrogen and oxygen atoms in total. The van der Waals surface area contributed by atoms with Crippen molar-refractivity contribution in [2.45, 2.75) is 39.3 Å². The summed E-state index contributed by atoms with van der Waals surface area (Å²) in [6, 6.07) is 30.1. The van der Waals surface area contributed by atoms with Crippen LogP contribution in [0.1, 0.15) is 36.0 Å². The Bertz CT molecular complexity index is 1850. The van der Waals surface area contributed by atoms with Crippen molar-refractivity contribution < 1.29 is 0 Å². The van der Waals surface area contributed by atoms with E-state index in [0.29, 0.717) is 11.7 Å². The minimum absolute atomic E-state index is 0.502. The minimum Gasteiger partial charge on any atom is -0.325 e. The number of benzene rings is 3. The Morgan fingerprint density at radius 2 is 1.41 bits per heavy atom. The molecule has 1 saturated heterocycles. The maximum Gasteiger partial charge on any atom is 0.179 e. The van der Waals surface area contributed by atoms with Gasteiger partial charge in [-0.1, -0.05) is 66.7 Å². The number of pyridine rings is 1. The van der Waals surface area contributed by atoms with Gasteiger partial charge in [0.05, 0.1) is 28.1 Å². The lowest BCUT2D eigenvalue weighted by atomic mass is 10.0. The smallest absolute Gasteiger partial charge is 0.179 e. The highest BCUT2D eigenvalue weighted by atomic mass is 79.9. The maximum absolute atomic E-state index is 5.06. The molecule has 6 aromatic rings. The fourth-order valence-corrected chi connectivity index (χ4v) is 6.35. The van der Waals surface area contributed by atoms with E-state index in [4.69, 9.17) is 15.0 Å². The van der Waals surface area contributed by atoms with E-state index >= 15 is 0 Å². The predicted octanol–water partition coefficient (Wildman–Crippen LogP) is 7.92. The molecule has 4 heterocycles. The lowest BCUT2D eigenvalue weighted by Gasteiger charge is -2.33. The molecule has 0 spiro atoms. The van der Waals surface area contributed by atoms with Crippen molar-refractivity contribution in [3.05, 3.63) is 106 Å². The fraction of sp³-hybridized carbons (Fsp3) is 0.235. The molecule has 0 radical (unpaired) electrons. The van der Waals surface area contributed by atoms with Crippen molar-refractivity contribution >= 4 is 38.1 Å². The normalized spacial score (nSPS) is 14.7.